The van der Waals surface area contributed by atoms with Crippen LogP contribution in [0, 0.1) is 13.8 Å². The molecule has 0 saturated carbocycles. The number of benzene rings is 2. The van der Waals surface area contributed by atoms with Crippen molar-refractivity contribution in [3.05, 3.63) is 53.4 Å². The first-order valence-electron chi connectivity index (χ1n) is 9.43. The number of methoxy groups -OCH3 is 2. The molecule has 1 aliphatic heterocycles. The van der Waals surface area contributed by atoms with E-state index in [1.54, 1.807) is 37.3 Å². The lowest BCUT2D eigenvalue weighted by Gasteiger charge is -2.20. The number of rotatable bonds is 5. The van der Waals surface area contributed by atoms with Crippen LogP contribution in [0.1, 0.15) is 29.4 Å². The summed E-state index contributed by atoms with van der Waals surface area (Å²) in [5.41, 5.74) is 3.95. The minimum absolute atomic E-state index is 0.0208. The molecule has 1 aromatic heterocycles. The second-order valence-corrected chi connectivity index (χ2v) is 7.20. The van der Waals surface area contributed by atoms with Gasteiger partial charge >= 0.3 is 0 Å². The van der Waals surface area contributed by atoms with Gasteiger partial charge in [0.25, 0.3) is 0 Å². The SMILES string of the molecule is COc1ccc(OC)c(N2CC(c3nc(-c4ccc(C)c(C)c4)no3)CC2=O)c1. The van der Waals surface area contributed by atoms with Crippen molar-refractivity contribution in [2.45, 2.75) is 26.2 Å². The molecule has 0 bridgehead atoms. The van der Waals surface area contributed by atoms with Crippen LogP contribution in [0.25, 0.3) is 11.4 Å². The number of hydrogen-bond donors (Lipinski definition) is 0. The molecule has 7 nitrogen and oxygen atoms in total. The lowest BCUT2D eigenvalue weighted by Crippen LogP contribution is -2.24. The summed E-state index contributed by atoms with van der Waals surface area (Å²) in [6.45, 7) is 4.55. The fourth-order valence-corrected chi connectivity index (χ4v) is 3.51. The van der Waals surface area contributed by atoms with Gasteiger partial charge in [0.05, 0.1) is 25.8 Å². The molecular formula is C22H23N3O4. The Morgan fingerprint density at radius 2 is 1.90 bits per heavy atom. The smallest absolute Gasteiger partial charge is 0.232 e. The summed E-state index contributed by atoms with van der Waals surface area (Å²) in [6.07, 6.45) is 0.301. The fraction of sp³-hybridized carbons (Fsp3) is 0.318. The molecule has 1 aliphatic rings. The normalized spacial score (nSPS) is 16.3. The molecule has 1 unspecified atom stereocenters. The second-order valence-electron chi connectivity index (χ2n) is 7.20. The zero-order chi connectivity index (χ0) is 20.5. The first kappa shape index (κ1) is 19.0. The number of carbonyl (C=O) groups is 1. The molecule has 3 aromatic rings. The lowest BCUT2D eigenvalue weighted by molar-refractivity contribution is -0.117. The zero-order valence-electron chi connectivity index (χ0n) is 16.9. The van der Waals surface area contributed by atoms with Gasteiger partial charge in [-0.3, -0.25) is 4.79 Å². The average molecular weight is 393 g/mol. The highest BCUT2D eigenvalue weighted by Crippen LogP contribution is 2.38. The molecule has 1 amide bonds. The molecule has 29 heavy (non-hydrogen) atoms. The Labute approximate surface area is 169 Å². The fourth-order valence-electron chi connectivity index (χ4n) is 3.51. The van der Waals surface area contributed by atoms with E-state index in [1.165, 1.54) is 11.1 Å². The number of ether oxygens (including phenoxy) is 2. The Balaban J connectivity index is 1.59. The van der Waals surface area contributed by atoms with Crippen LogP contribution in [0.2, 0.25) is 0 Å². The Morgan fingerprint density at radius 1 is 1.07 bits per heavy atom. The Bertz CT molecular complexity index is 1060. The minimum Gasteiger partial charge on any atom is -0.497 e. The Hall–Kier alpha value is -3.35. The zero-order valence-corrected chi connectivity index (χ0v) is 16.9. The van der Waals surface area contributed by atoms with Crippen LogP contribution in [0.3, 0.4) is 0 Å². The predicted molar refractivity (Wildman–Crippen MR) is 108 cm³/mol. The Kier molecular flexibility index (Phi) is 4.96. The minimum atomic E-state index is -0.175. The summed E-state index contributed by atoms with van der Waals surface area (Å²) in [6, 6.07) is 11.4. The maximum Gasteiger partial charge on any atom is 0.232 e. The summed E-state index contributed by atoms with van der Waals surface area (Å²) >= 11 is 0. The Morgan fingerprint density at radius 3 is 2.62 bits per heavy atom. The first-order valence-corrected chi connectivity index (χ1v) is 9.43. The van der Waals surface area contributed by atoms with Crippen molar-refractivity contribution in [2.24, 2.45) is 0 Å². The van der Waals surface area contributed by atoms with Crippen LogP contribution < -0.4 is 14.4 Å². The van der Waals surface area contributed by atoms with Gasteiger partial charge in [0.15, 0.2) is 0 Å². The standard InChI is InChI=1S/C22H23N3O4/c1-13-5-6-15(9-14(13)2)21-23-22(29-24-21)16-10-20(26)25(12-16)18-11-17(27-3)7-8-19(18)28-4/h5-9,11,16H,10,12H2,1-4H3. The number of anilines is 1. The van der Waals surface area contributed by atoms with Gasteiger partial charge in [0, 0.05) is 24.6 Å². The van der Waals surface area contributed by atoms with Crippen molar-refractivity contribution in [1.82, 2.24) is 10.1 Å². The van der Waals surface area contributed by atoms with Crippen molar-refractivity contribution in [2.75, 3.05) is 25.7 Å². The monoisotopic (exact) mass is 393 g/mol. The van der Waals surface area contributed by atoms with Gasteiger partial charge in [0.2, 0.25) is 17.6 Å². The van der Waals surface area contributed by atoms with Crippen LogP contribution in [0.15, 0.2) is 40.9 Å². The molecular weight excluding hydrogens is 370 g/mol. The quantitative estimate of drug-likeness (QED) is 0.654. The van der Waals surface area contributed by atoms with E-state index < -0.39 is 0 Å². The van der Waals surface area contributed by atoms with E-state index in [1.807, 2.05) is 18.2 Å². The van der Waals surface area contributed by atoms with Crippen molar-refractivity contribution < 1.29 is 18.8 Å². The van der Waals surface area contributed by atoms with Crippen LogP contribution in [-0.2, 0) is 4.79 Å². The third-order valence-electron chi connectivity index (χ3n) is 5.36. The molecule has 2 aromatic carbocycles. The molecule has 2 heterocycles. The maximum absolute atomic E-state index is 12.7. The van der Waals surface area contributed by atoms with E-state index in [2.05, 4.69) is 24.0 Å². The summed E-state index contributed by atoms with van der Waals surface area (Å²) in [4.78, 5) is 19.0. The third-order valence-corrected chi connectivity index (χ3v) is 5.36. The molecule has 4 rings (SSSR count). The molecule has 150 valence electrons. The molecule has 1 saturated heterocycles. The predicted octanol–water partition coefficient (Wildman–Crippen LogP) is 3.89. The largest absolute Gasteiger partial charge is 0.497 e. The van der Waals surface area contributed by atoms with Crippen LogP contribution in [0.5, 0.6) is 11.5 Å². The van der Waals surface area contributed by atoms with Crippen molar-refractivity contribution >= 4 is 11.6 Å². The molecule has 1 atom stereocenters. The highest BCUT2D eigenvalue weighted by molar-refractivity contribution is 5.98. The van der Waals surface area contributed by atoms with Crippen LogP contribution >= 0.6 is 0 Å². The summed E-state index contributed by atoms with van der Waals surface area (Å²) in [5.74, 6) is 2.08. The highest BCUT2D eigenvalue weighted by atomic mass is 16.5. The van der Waals surface area contributed by atoms with Crippen molar-refractivity contribution in [1.29, 1.82) is 0 Å². The topological polar surface area (TPSA) is 77.7 Å². The molecule has 0 spiro atoms. The van der Waals surface area contributed by atoms with Gasteiger partial charge in [-0.25, -0.2) is 0 Å². The number of amides is 1. The molecule has 1 fully saturated rings. The van der Waals surface area contributed by atoms with Gasteiger partial charge in [-0.15, -0.1) is 0 Å². The number of aromatic nitrogens is 2. The summed E-state index contributed by atoms with van der Waals surface area (Å²) in [5, 5.41) is 4.13. The van der Waals surface area contributed by atoms with Crippen molar-refractivity contribution in [3.63, 3.8) is 0 Å². The van der Waals surface area contributed by atoms with Gasteiger partial charge in [-0.05, 0) is 43.2 Å². The number of carbonyl (C=O) groups excluding carboxylic acids is 1. The van der Waals surface area contributed by atoms with E-state index in [-0.39, 0.29) is 11.8 Å². The van der Waals surface area contributed by atoms with E-state index in [0.717, 1.165) is 5.56 Å². The number of aryl methyl sites for hydroxylation is 2. The molecule has 0 aliphatic carbocycles. The van der Waals surface area contributed by atoms with Gasteiger partial charge in [-0.2, -0.15) is 4.98 Å². The summed E-state index contributed by atoms with van der Waals surface area (Å²) in [7, 11) is 3.17. The van der Waals surface area contributed by atoms with Crippen LogP contribution in [-0.4, -0.2) is 36.8 Å². The number of hydrogen-bond acceptors (Lipinski definition) is 6. The van der Waals surface area contributed by atoms with Crippen LogP contribution in [0.4, 0.5) is 5.69 Å². The van der Waals surface area contributed by atoms with Gasteiger partial charge < -0.3 is 18.9 Å². The van der Waals surface area contributed by atoms with E-state index >= 15 is 0 Å². The van der Waals surface area contributed by atoms with E-state index in [4.69, 9.17) is 14.0 Å². The van der Waals surface area contributed by atoms with E-state index in [9.17, 15) is 4.79 Å². The van der Waals surface area contributed by atoms with Crippen molar-refractivity contribution in [3.8, 4) is 22.9 Å². The van der Waals surface area contributed by atoms with E-state index in [0.29, 0.717) is 41.9 Å². The number of nitrogens with zero attached hydrogens (tertiary/aromatic N) is 3. The summed E-state index contributed by atoms with van der Waals surface area (Å²) < 4.78 is 16.2. The van der Waals surface area contributed by atoms with Gasteiger partial charge in [-0.1, -0.05) is 17.3 Å². The second kappa shape index (κ2) is 7.58. The average Bonchev–Trinajstić information content (AvgIpc) is 3.36. The molecule has 7 heteroatoms. The maximum atomic E-state index is 12.7. The first-order chi connectivity index (χ1) is 14.0. The van der Waals surface area contributed by atoms with Gasteiger partial charge in [0.1, 0.15) is 11.5 Å². The lowest BCUT2D eigenvalue weighted by atomic mass is 10.1. The molecule has 0 N–H and O–H groups in total. The third kappa shape index (κ3) is 3.55. The highest BCUT2D eigenvalue weighted by Gasteiger charge is 2.36. The molecule has 0 radical (unpaired) electrons.